The lowest BCUT2D eigenvalue weighted by molar-refractivity contribution is -0.145. The normalized spacial score (nSPS) is 12.1. The van der Waals surface area contributed by atoms with Gasteiger partial charge in [0.15, 0.2) is 0 Å². The highest BCUT2D eigenvalue weighted by atomic mass is 16.5. The van der Waals surface area contributed by atoms with Crippen molar-refractivity contribution in [3.63, 3.8) is 0 Å². The van der Waals surface area contributed by atoms with Crippen LogP contribution in [-0.4, -0.2) is 33.3 Å². The highest BCUT2D eigenvalue weighted by molar-refractivity contribution is 5.79. The maximum Gasteiger partial charge on any atom is 0.327 e. The smallest absolute Gasteiger partial charge is 0.327 e. The summed E-state index contributed by atoms with van der Waals surface area (Å²) in [7, 11) is 3.16. The molecule has 0 aliphatic rings. The summed E-state index contributed by atoms with van der Waals surface area (Å²) in [5.41, 5.74) is 0.748. The third kappa shape index (κ3) is 4.93. The second-order valence-corrected chi connectivity index (χ2v) is 5.10. The lowest BCUT2D eigenvalue weighted by Crippen LogP contribution is -2.33. The maximum atomic E-state index is 12.2. The first-order chi connectivity index (χ1) is 10.0. The number of carbonyl (C=O) groups excluding carboxylic acids is 1. The molecule has 1 aromatic carbocycles. The first kappa shape index (κ1) is 17.3. The molecule has 1 aromatic rings. The number of nitrogens with one attached hydrogen (secondary N) is 1. The van der Waals surface area contributed by atoms with E-state index in [0.29, 0.717) is 30.6 Å². The standard InChI is InChI=1S/C16H25NO4/c1-6-21-16(18)15(17-10-11(2)3)13-8-7-12(19-4)9-14(13)20-5/h7-9,11,15,17H,6,10H2,1-5H3. The topological polar surface area (TPSA) is 56.8 Å². The van der Waals surface area contributed by atoms with Crippen molar-refractivity contribution in [2.75, 3.05) is 27.4 Å². The average molecular weight is 295 g/mol. The van der Waals surface area contributed by atoms with Crippen LogP contribution < -0.4 is 14.8 Å². The van der Waals surface area contributed by atoms with E-state index in [4.69, 9.17) is 14.2 Å². The molecule has 0 fully saturated rings. The van der Waals surface area contributed by atoms with Gasteiger partial charge in [-0.1, -0.05) is 13.8 Å². The molecular weight excluding hydrogens is 270 g/mol. The van der Waals surface area contributed by atoms with Gasteiger partial charge in [-0.25, -0.2) is 4.79 Å². The summed E-state index contributed by atoms with van der Waals surface area (Å²) in [4.78, 5) is 12.2. The first-order valence-corrected chi connectivity index (χ1v) is 7.15. The summed E-state index contributed by atoms with van der Waals surface area (Å²) in [5, 5.41) is 3.24. The Balaban J connectivity index is 3.08. The van der Waals surface area contributed by atoms with Crippen LogP contribution in [0.5, 0.6) is 11.5 Å². The van der Waals surface area contributed by atoms with Gasteiger partial charge in [0, 0.05) is 11.6 Å². The summed E-state index contributed by atoms with van der Waals surface area (Å²) in [5.74, 6) is 1.40. The Morgan fingerprint density at radius 1 is 1.24 bits per heavy atom. The van der Waals surface area contributed by atoms with E-state index in [1.807, 2.05) is 6.07 Å². The highest BCUT2D eigenvalue weighted by Gasteiger charge is 2.25. The fourth-order valence-electron chi connectivity index (χ4n) is 1.96. The molecule has 1 N–H and O–H groups in total. The van der Waals surface area contributed by atoms with Crippen LogP contribution >= 0.6 is 0 Å². The zero-order valence-corrected chi connectivity index (χ0v) is 13.4. The molecule has 0 amide bonds. The summed E-state index contributed by atoms with van der Waals surface area (Å²) >= 11 is 0. The molecule has 0 saturated carbocycles. The van der Waals surface area contributed by atoms with E-state index < -0.39 is 6.04 Å². The van der Waals surface area contributed by atoms with Crippen LogP contribution in [0.3, 0.4) is 0 Å². The molecule has 5 nitrogen and oxygen atoms in total. The van der Waals surface area contributed by atoms with Crippen molar-refractivity contribution in [2.45, 2.75) is 26.8 Å². The monoisotopic (exact) mass is 295 g/mol. The molecule has 0 saturated heterocycles. The Hall–Kier alpha value is -1.75. The van der Waals surface area contributed by atoms with Gasteiger partial charge in [-0.15, -0.1) is 0 Å². The SMILES string of the molecule is CCOC(=O)C(NCC(C)C)c1ccc(OC)cc1OC. The number of hydrogen-bond acceptors (Lipinski definition) is 5. The number of rotatable bonds is 8. The summed E-state index contributed by atoms with van der Waals surface area (Å²) < 4.78 is 15.7. The molecule has 118 valence electrons. The van der Waals surface area contributed by atoms with Crippen LogP contribution in [0.2, 0.25) is 0 Å². The Kier molecular flexibility index (Phi) is 7.02. The number of benzene rings is 1. The van der Waals surface area contributed by atoms with Crippen molar-refractivity contribution in [1.82, 2.24) is 5.32 Å². The van der Waals surface area contributed by atoms with Crippen LogP contribution in [0.4, 0.5) is 0 Å². The predicted molar refractivity (Wildman–Crippen MR) is 81.8 cm³/mol. The molecule has 1 rings (SSSR count). The minimum absolute atomic E-state index is 0.304. The molecule has 5 heteroatoms. The van der Waals surface area contributed by atoms with Crippen molar-refractivity contribution in [1.29, 1.82) is 0 Å². The summed E-state index contributed by atoms with van der Waals surface area (Å²) in [6.45, 7) is 7.01. The molecule has 1 unspecified atom stereocenters. The van der Waals surface area contributed by atoms with Gasteiger partial charge in [0.2, 0.25) is 0 Å². The molecule has 0 aromatic heterocycles. The molecule has 0 aliphatic heterocycles. The van der Waals surface area contributed by atoms with Crippen LogP contribution in [0, 0.1) is 5.92 Å². The molecule has 1 atom stereocenters. The van der Waals surface area contributed by atoms with Gasteiger partial charge in [0.25, 0.3) is 0 Å². The summed E-state index contributed by atoms with van der Waals surface area (Å²) in [6.07, 6.45) is 0. The van der Waals surface area contributed by atoms with Crippen molar-refractivity contribution < 1.29 is 19.0 Å². The number of esters is 1. The van der Waals surface area contributed by atoms with Gasteiger partial charge >= 0.3 is 5.97 Å². The van der Waals surface area contributed by atoms with Gasteiger partial charge in [0.1, 0.15) is 17.5 Å². The van der Waals surface area contributed by atoms with Crippen molar-refractivity contribution in [3.05, 3.63) is 23.8 Å². The summed E-state index contributed by atoms with van der Waals surface area (Å²) in [6, 6.07) is 4.85. The number of carbonyl (C=O) groups is 1. The van der Waals surface area contributed by atoms with Gasteiger partial charge in [0.05, 0.1) is 20.8 Å². The zero-order chi connectivity index (χ0) is 15.8. The number of ether oxygens (including phenoxy) is 3. The van der Waals surface area contributed by atoms with Crippen LogP contribution in [-0.2, 0) is 9.53 Å². The van der Waals surface area contributed by atoms with E-state index in [1.165, 1.54) is 0 Å². The third-order valence-corrected chi connectivity index (χ3v) is 3.00. The average Bonchev–Trinajstić information content (AvgIpc) is 2.47. The lowest BCUT2D eigenvalue weighted by Gasteiger charge is -2.21. The van der Waals surface area contributed by atoms with Crippen LogP contribution in [0.25, 0.3) is 0 Å². The minimum atomic E-state index is -0.548. The van der Waals surface area contributed by atoms with Gasteiger partial charge in [-0.3, -0.25) is 0 Å². The fraction of sp³-hybridized carbons (Fsp3) is 0.562. The van der Waals surface area contributed by atoms with E-state index in [1.54, 1.807) is 33.3 Å². The Morgan fingerprint density at radius 2 is 1.95 bits per heavy atom. The van der Waals surface area contributed by atoms with E-state index in [0.717, 1.165) is 5.56 Å². The van der Waals surface area contributed by atoms with Gasteiger partial charge in [-0.05, 0) is 31.5 Å². The maximum absolute atomic E-state index is 12.2. The molecule has 0 radical (unpaired) electrons. The first-order valence-electron chi connectivity index (χ1n) is 7.15. The Morgan fingerprint density at radius 3 is 2.48 bits per heavy atom. The number of methoxy groups -OCH3 is 2. The van der Waals surface area contributed by atoms with Crippen molar-refractivity contribution in [2.24, 2.45) is 5.92 Å². The number of hydrogen-bond donors (Lipinski definition) is 1. The van der Waals surface area contributed by atoms with Gasteiger partial charge in [-0.2, -0.15) is 0 Å². The van der Waals surface area contributed by atoms with E-state index >= 15 is 0 Å². The molecule has 0 bridgehead atoms. The second kappa shape index (κ2) is 8.52. The zero-order valence-electron chi connectivity index (χ0n) is 13.4. The second-order valence-electron chi connectivity index (χ2n) is 5.10. The molecule has 0 heterocycles. The van der Waals surface area contributed by atoms with E-state index in [2.05, 4.69) is 19.2 Å². The quantitative estimate of drug-likeness (QED) is 0.747. The Labute approximate surface area is 126 Å². The highest BCUT2D eigenvalue weighted by Crippen LogP contribution is 2.30. The fourth-order valence-corrected chi connectivity index (χ4v) is 1.96. The van der Waals surface area contributed by atoms with E-state index in [9.17, 15) is 4.79 Å². The molecule has 0 aliphatic carbocycles. The van der Waals surface area contributed by atoms with Crippen LogP contribution in [0.1, 0.15) is 32.4 Å². The Bertz CT molecular complexity index is 460. The largest absolute Gasteiger partial charge is 0.497 e. The molecular formula is C16H25NO4. The molecule has 0 spiro atoms. The minimum Gasteiger partial charge on any atom is -0.497 e. The lowest BCUT2D eigenvalue weighted by atomic mass is 10.0. The van der Waals surface area contributed by atoms with E-state index in [-0.39, 0.29) is 5.97 Å². The van der Waals surface area contributed by atoms with Gasteiger partial charge < -0.3 is 19.5 Å². The van der Waals surface area contributed by atoms with Crippen molar-refractivity contribution >= 4 is 5.97 Å². The third-order valence-electron chi connectivity index (χ3n) is 3.00. The van der Waals surface area contributed by atoms with Crippen LogP contribution in [0.15, 0.2) is 18.2 Å². The molecule has 21 heavy (non-hydrogen) atoms. The predicted octanol–water partition coefficient (Wildman–Crippen LogP) is 2.55. The van der Waals surface area contributed by atoms with Crippen molar-refractivity contribution in [3.8, 4) is 11.5 Å².